The van der Waals surface area contributed by atoms with E-state index in [1.165, 1.54) is 21.8 Å². The fourth-order valence-electron chi connectivity index (χ4n) is 2.88. The maximum absolute atomic E-state index is 12.5. The van der Waals surface area contributed by atoms with Crippen LogP contribution in [0.2, 0.25) is 0 Å². The van der Waals surface area contributed by atoms with Crippen molar-refractivity contribution in [2.75, 3.05) is 0 Å². The molecular weight excluding hydrogens is 256 g/mol. The molecule has 2 heterocycles. The minimum absolute atomic E-state index is 0.0411. The van der Waals surface area contributed by atoms with Crippen LogP contribution in [0, 0.1) is 11.8 Å². The van der Waals surface area contributed by atoms with Crippen molar-refractivity contribution in [3.05, 3.63) is 37.4 Å². The second-order valence-corrected chi connectivity index (χ2v) is 5.11. The van der Waals surface area contributed by atoms with Gasteiger partial charge in [0.25, 0.3) is 0 Å². The summed E-state index contributed by atoms with van der Waals surface area (Å²) in [6.45, 7) is 0. The third-order valence-corrected chi connectivity index (χ3v) is 3.92. The number of aromatic nitrogens is 4. The van der Waals surface area contributed by atoms with E-state index >= 15 is 0 Å². The second-order valence-electron chi connectivity index (χ2n) is 5.11. The summed E-state index contributed by atoms with van der Waals surface area (Å²) in [4.78, 5) is 32.8. The molecule has 0 radical (unpaired) electrons. The first-order valence-electron chi connectivity index (χ1n) is 6.81. The Bertz CT molecular complexity index is 534. The van der Waals surface area contributed by atoms with Crippen LogP contribution >= 0.6 is 0 Å². The molecular formula is C14H16N4O2. The highest BCUT2D eigenvalue weighted by molar-refractivity contribution is 5.90. The SMILES string of the molecule is O=C(C1CCCC[C@H]1C(=O)n1ccnc1)n1ccnc1. The van der Waals surface area contributed by atoms with Crippen LogP contribution < -0.4 is 0 Å². The number of nitrogens with zero attached hydrogens (tertiary/aromatic N) is 4. The van der Waals surface area contributed by atoms with E-state index in [1.807, 2.05) is 0 Å². The van der Waals surface area contributed by atoms with Gasteiger partial charge in [-0.25, -0.2) is 9.97 Å². The molecule has 0 amide bonds. The molecule has 0 aromatic carbocycles. The van der Waals surface area contributed by atoms with Gasteiger partial charge in [0.2, 0.25) is 11.8 Å². The van der Waals surface area contributed by atoms with Gasteiger partial charge in [0.15, 0.2) is 0 Å². The fraction of sp³-hybridized carbons (Fsp3) is 0.429. The largest absolute Gasteiger partial charge is 0.276 e. The van der Waals surface area contributed by atoms with E-state index in [0.29, 0.717) is 0 Å². The van der Waals surface area contributed by atoms with E-state index in [4.69, 9.17) is 0 Å². The summed E-state index contributed by atoms with van der Waals surface area (Å²) in [5, 5.41) is 0. The van der Waals surface area contributed by atoms with Crippen molar-refractivity contribution in [3.8, 4) is 0 Å². The molecule has 0 bridgehead atoms. The van der Waals surface area contributed by atoms with Crippen LogP contribution in [0.15, 0.2) is 37.4 Å². The molecule has 0 spiro atoms. The predicted molar refractivity (Wildman–Crippen MR) is 71.2 cm³/mol. The molecule has 3 rings (SSSR count). The summed E-state index contributed by atoms with van der Waals surface area (Å²) >= 11 is 0. The van der Waals surface area contributed by atoms with Gasteiger partial charge in [-0.2, -0.15) is 0 Å². The summed E-state index contributed by atoms with van der Waals surface area (Å²) in [6.07, 6.45) is 12.9. The molecule has 1 saturated carbocycles. The number of hydrogen-bond donors (Lipinski definition) is 0. The minimum atomic E-state index is -0.271. The Morgan fingerprint density at radius 2 is 1.30 bits per heavy atom. The first kappa shape index (κ1) is 12.8. The van der Waals surface area contributed by atoms with Crippen molar-refractivity contribution < 1.29 is 9.59 Å². The van der Waals surface area contributed by atoms with Crippen LogP contribution in [0.1, 0.15) is 35.3 Å². The highest BCUT2D eigenvalue weighted by atomic mass is 16.2. The van der Waals surface area contributed by atoms with E-state index < -0.39 is 0 Å². The predicted octanol–water partition coefficient (Wildman–Crippen LogP) is 1.87. The zero-order valence-electron chi connectivity index (χ0n) is 11.1. The fourth-order valence-corrected chi connectivity index (χ4v) is 2.88. The van der Waals surface area contributed by atoms with Crippen molar-refractivity contribution >= 4 is 11.8 Å². The van der Waals surface area contributed by atoms with Crippen LogP contribution in [0.5, 0.6) is 0 Å². The normalized spacial score (nSPS) is 22.6. The van der Waals surface area contributed by atoms with Gasteiger partial charge in [0, 0.05) is 24.8 Å². The standard InChI is InChI=1S/C14H16N4O2/c19-13(17-7-5-15-9-17)11-3-1-2-4-12(11)14(20)18-8-6-16-10-18/h5-12H,1-4H2/t11-,12?/m1/s1. The van der Waals surface area contributed by atoms with Gasteiger partial charge in [-0.3, -0.25) is 18.7 Å². The van der Waals surface area contributed by atoms with Gasteiger partial charge in [-0.15, -0.1) is 0 Å². The topological polar surface area (TPSA) is 69.8 Å². The lowest BCUT2D eigenvalue weighted by molar-refractivity contribution is 0.0606. The van der Waals surface area contributed by atoms with Crippen LogP contribution in [-0.4, -0.2) is 30.9 Å². The number of carbonyl (C=O) groups is 2. The Kier molecular flexibility index (Phi) is 3.45. The van der Waals surface area contributed by atoms with Gasteiger partial charge < -0.3 is 0 Å². The third kappa shape index (κ3) is 2.29. The smallest absolute Gasteiger partial charge is 0.235 e. The Morgan fingerprint density at radius 3 is 1.65 bits per heavy atom. The number of carbonyl (C=O) groups excluding carboxylic acids is 2. The van der Waals surface area contributed by atoms with Crippen LogP contribution in [0.25, 0.3) is 0 Å². The summed E-state index contributed by atoms with van der Waals surface area (Å²) < 4.78 is 2.95. The molecule has 0 aliphatic heterocycles. The van der Waals surface area contributed by atoms with Crippen molar-refractivity contribution in [2.45, 2.75) is 25.7 Å². The van der Waals surface area contributed by atoms with E-state index in [-0.39, 0.29) is 23.7 Å². The number of hydrogen-bond acceptors (Lipinski definition) is 4. The monoisotopic (exact) mass is 272 g/mol. The molecule has 104 valence electrons. The lowest BCUT2D eigenvalue weighted by Crippen LogP contribution is -2.37. The molecule has 1 fully saturated rings. The Hall–Kier alpha value is -2.24. The Balaban J connectivity index is 1.84. The summed E-state index contributed by atoms with van der Waals surface area (Å²) in [5.41, 5.74) is 0. The third-order valence-electron chi connectivity index (χ3n) is 3.92. The van der Waals surface area contributed by atoms with E-state index in [0.717, 1.165) is 25.7 Å². The number of imidazole rings is 2. The molecule has 6 nitrogen and oxygen atoms in total. The Labute approximate surface area is 116 Å². The molecule has 20 heavy (non-hydrogen) atoms. The van der Waals surface area contributed by atoms with Gasteiger partial charge in [0.05, 0.1) is 11.8 Å². The highest BCUT2D eigenvalue weighted by Gasteiger charge is 2.36. The molecule has 1 aliphatic rings. The zero-order chi connectivity index (χ0) is 13.9. The molecule has 0 N–H and O–H groups in total. The molecule has 2 atom stereocenters. The van der Waals surface area contributed by atoms with Crippen molar-refractivity contribution in [2.24, 2.45) is 11.8 Å². The van der Waals surface area contributed by atoms with Gasteiger partial charge in [-0.05, 0) is 12.8 Å². The van der Waals surface area contributed by atoms with E-state index in [1.54, 1.807) is 24.8 Å². The first-order valence-corrected chi connectivity index (χ1v) is 6.81. The van der Waals surface area contributed by atoms with Gasteiger partial charge in [0.1, 0.15) is 12.7 Å². The lowest BCUT2D eigenvalue weighted by Gasteiger charge is -2.29. The molecule has 0 saturated heterocycles. The van der Waals surface area contributed by atoms with Crippen LogP contribution in [-0.2, 0) is 0 Å². The maximum Gasteiger partial charge on any atom is 0.235 e. The van der Waals surface area contributed by atoms with Gasteiger partial charge >= 0.3 is 0 Å². The molecule has 2 aromatic heterocycles. The average Bonchev–Trinajstić information content (AvgIpc) is 3.18. The quantitative estimate of drug-likeness (QED) is 0.836. The van der Waals surface area contributed by atoms with Crippen molar-refractivity contribution in [3.63, 3.8) is 0 Å². The second kappa shape index (κ2) is 5.40. The maximum atomic E-state index is 12.5. The summed E-state index contributed by atoms with van der Waals surface area (Å²) in [5.74, 6) is -0.623. The summed E-state index contributed by atoms with van der Waals surface area (Å²) in [7, 11) is 0. The zero-order valence-corrected chi connectivity index (χ0v) is 11.1. The summed E-state index contributed by atoms with van der Waals surface area (Å²) in [6, 6.07) is 0. The van der Waals surface area contributed by atoms with E-state index in [9.17, 15) is 9.59 Å². The average molecular weight is 272 g/mol. The lowest BCUT2D eigenvalue weighted by atomic mass is 9.78. The van der Waals surface area contributed by atoms with Gasteiger partial charge in [-0.1, -0.05) is 12.8 Å². The first-order chi connectivity index (χ1) is 9.77. The highest BCUT2D eigenvalue weighted by Crippen LogP contribution is 2.32. The Morgan fingerprint density at radius 1 is 0.850 bits per heavy atom. The molecule has 1 aliphatic carbocycles. The van der Waals surface area contributed by atoms with Crippen LogP contribution in [0.3, 0.4) is 0 Å². The molecule has 1 unspecified atom stereocenters. The van der Waals surface area contributed by atoms with Crippen molar-refractivity contribution in [1.29, 1.82) is 0 Å². The number of rotatable bonds is 2. The molecule has 2 aromatic rings. The minimum Gasteiger partial charge on any atom is -0.276 e. The van der Waals surface area contributed by atoms with E-state index in [2.05, 4.69) is 9.97 Å². The van der Waals surface area contributed by atoms with Crippen LogP contribution in [0.4, 0.5) is 0 Å². The molecule has 6 heteroatoms. The van der Waals surface area contributed by atoms with Crippen molar-refractivity contribution in [1.82, 2.24) is 19.1 Å².